The fourth-order valence-corrected chi connectivity index (χ4v) is 5.37. The summed E-state index contributed by atoms with van der Waals surface area (Å²) in [6, 6.07) is 8.09. The van der Waals surface area contributed by atoms with E-state index in [1.165, 1.54) is 41.3 Å². The quantitative estimate of drug-likeness (QED) is 0.485. The molecule has 0 aliphatic carbocycles. The second-order valence-electron chi connectivity index (χ2n) is 6.90. The first kappa shape index (κ1) is 15.3. The molecule has 2 aromatic heterocycles. The van der Waals surface area contributed by atoms with Gasteiger partial charge in [-0.1, -0.05) is 6.07 Å². The number of nitrogens with one attached hydrogen (secondary N) is 1. The summed E-state index contributed by atoms with van der Waals surface area (Å²) in [7, 11) is 0. The summed E-state index contributed by atoms with van der Waals surface area (Å²) in [5.41, 5.74) is 3.63. The first-order valence-electron chi connectivity index (χ1n) is 8.43. The van der Waals surface area contributed by atoms with Gasteiger partial charge in [0.2, 0.25) is 0 Å². The van der Waals surface area contributed by atoms with Gasteiger partial charge in [-0.05, 0) is 64.9 Å². The van der Waals surface area contributed by atoms with Crippen LogP contribution in [0.15, 0.2) is 36.8 Å². The lowest BCUT2D eigenvalue weighted by Crippen LogP contribution is -2.26. The minimum Gasteiger partial charge on any atom is -0.311 e. The lowest BCUT2D eigenvalue weighted by Gasteiger charge is -2.20. The molecule has 0 radical (unpaired) electrons. The van der Waals surface area contributed by atoms with Gasteiger partial charge < -0.3 is 5.32 Å². The van der Waals surface area contributed by atoms with Crippen LogP contribution in [0.5, 0.6) is 0 Å². The number of hydrogen-bond acceptors (Lipinski definition) is 3. The van der Waals surface area contributed by atoms with Gasteiger partial charge in [0.25, 0.3) is 0 Å². The van der Waals surface area contributed by atoms with E-state index in [4.69, 9.17) is 0 Å². The van der Waals surface area contributed by atoms with E-state index in [1.807, 2.05) is 16.8 Å². The molecule has 24 heavy (non-hydrogen) atoms. The van der Waals surface area contributed by atoms with E-state index in [0.717, 1.165) is 18.5 Å². The number of halogens is 1. The molecule has 5 nitrogen and oxygen atoms in total. The van der Waals surface area contributed by atoms with Gasteiger partial charge in [-0.2, -0.15) is 10.2 Å². The van der Waals surface area contributed by atoms with Crippen LogP contribution in [0, 0.1) is 5.92 Å². The largest absolute Gasteiger partial charge is 0.311 e. The lowest BCUT2D eigenvalue weighted by molar-refractivity contribution is 0.347. The van der Waals surface area contributed by atoms with Crippen molar-refractivity contribution >= 4 is 39.3 Å². The second kappa shape index (κ2) is 6.07. The number of aromatic nitrogens is 4. The second-order valence-corrected chi connectivity index (χ2v) is 8.98. The molecule has 2 aliphatic heterocycles. The predicted molar refractivity (Wildman–Crippen MR) is 107 cm³/mol. The maximum absolute atomic E-state index is 4.67. The summed E-state index contributed by atoms with van der Waals surface area (Å²) in [6.07, 6.45) is 10.7. The zero-order valence-electron chi connectivity index (χ0n) is 13.2. The molecule has 2 bridgehead atoms. The number of fused-ring (bicyclic) bond motifs is 3. The van der Waals surface area contributed by atoms with Crippen LogP contribution in [-0.2, 0) is 6.54 Å². The average molecular weight is 451 g/mol. The average Bonchev–Trinajstić information content (AvgIpc) is 3.38. The summed E-state index contributed by atoms with van der Waals surface area (Å²) >= 11 is 2.34. The van der Waals surface area contributed by atoms with Gasteiger partial charge in [0.05, 0.1) is 24.3 Å². The van der Waals surface area contributed by atoms with Crippen molar-refractivity contribution in [2.45, 2.75) is 37.9 Å². The Labute approximate surface area is 155 Å². The standard InChI is InChI=1S/C17H19IN5P/c18-24-23-10-14(8-20-23)11-1-4-17-12(5-11)7-19-22(17)9-13-6-15-2-3-16(13)21-15/h1,4-5,7-8,10,13,15-16,21,24H,2-3,6,9H2. The van der Waals surface area contributed by atoms with E-state index in [9.17, 15) is 0 Å². The van der Waals surface area contributed by atoms with Crippen molar-refractivity contribution < 1.29 is 0 Å². The molecule has 0 amide bonds. The van der Waals surface area contributed by atoms with E-state index >= 15 is 0 Å². The lowest BCUT2D eigenvalue weighted by atomic mass is 9.89. The highest BCUT2D eigenvalue weighted by Gasteiger charge is 2.39. The van der Waals surface area contributed by atoms with Crippen molar-refractivity contribution in [3.05, 3.63) is 36.8 Å². The smallest absolute Gasteiger partial charge is 0.0682 e. The van der Waals surface area contributed by atoms with Crippen LogP contribution >= 0.6 is 28.4 Å². The fourth-order valence-electron chi connectivity index (χ4n) is 4.29. The van der Waals surface area contributed by atoms with Crippen LogP contribution in [0.25, 0.3) is 22.0 Å². The Kier molecular flexibility index (Phi) is 3.87. The Balaban J connectivity index is 1.43. The molecule has 0 spiro atoms. The summed E-state index contributed by atoms with van der Waals surface area (Å²) in [5, 5.41) is 14.0. The Bertz CT molecular complexity index is 888. The molecular formula is C17H19IN5P. The normalized spacial score (nSPS) is 26.3. The number of rotatable bonds is 4. The van der Waals surface area contributed by atoms with E-state index in [0.29, 0.717) is 12.4 Å². The Morgan fingerprint density at radius 1 is 1.21 bits per heavy atom. The molecule has 7 heteroatoms. The summed E-state index contributed by atoms with van der Waals surface area (Å²) in [4.78, 5) is 0. The highest BCUT2D eigenvalue weighted by Crippen LogP contribution is 2.35. The Morgan fingerprint density at radius 2 is 2.17 bits per heavy atom. The number of benzene rings is 1. The Hall–Kier alpha value is -0.980. The van der Waals surface area contributed by atoms with Gasteiger partial charge in [-0.15, -0.1) is 0 Å². The molecular weight excluding hydrogens is 432 g/mol. The third-order valence-electron chi connectivity index (χ3n) is 5.48. The van der Waals surface area contributed by atoms with Gasteiger partial charge in [0.15, 0.2) is 0 Å². The van der Waals surface area contributed by atoms with Gasteiger partial charge in [0, 0.05) is 35.8 Å². The van der Waals surface area contributed by atoms with Crippen molar-refractivity contribution in [1.82, 2.24) is 24.6 Å². The van der Waals surface area contributed by atoms with Crippen LogP contribution < -0.4 is 5.32 Å². The molecule has 3 aromatic rings. The maximum Gasteiger partial charge on any atom is 0.0682 e. The Morgan fingerprint density at radius 3 is 2.92 bits per heavy atom. The van der Waals surface area contributed by atoms with Crippen LogP contribution in [0.3, 0.4) is 0 Å². The van der Waals surface area contributed by atoms with Crippen molar-refractivity contribution in [2.24, 2.45) is 5.92 Å². The number of nitrogens with zero attached hydrogens (tertiary/aromatic N) is 4. The zero-order valence-corrected chi connectivity index (χ0v) is 16.3. The minimum atomic E-state index is 0.638. The molecule has 0 saturated carbocycles. The van der Waals surface area contributed by atoms with Crippen LogP contribution in [0.2, 0.25) is 0 Å². The van der Waals surface area contributed by atoms with Crippen LogP contribution in [-0.4, -0.2) is 31.4 Å². The van der Waals surface area contributed by atoms with Gasteiger partial charge in [0.1, 0.15) is 0 Å². The van der Waals surface area contributed by atoms with Crippen molar-refractivity contribution in [3.63, 3.8) is 0 Å². The molecule has 2 saturated heterocycles. The summed E-state index contributed by atoms with van der Waals surface area (Å²) < 4.78 is 4.17. The summed E-state index contributed by atoms with van der Waals surface area (Å²) in [6.45, 7) is 1.03. The predicted octanol–water partition coefficient (Wildman–Crippen LogP) is 3.83. The monoisotopic (exact) mass is 451 g/mol. The molecule has 4 unspecified atom stereocenters. The zero-order chi connectivity index (χ0) is 16.1. The highest BCUT2D eigenvalue weighted by atomic mass is 127. The van der Waals surface area contributed by atoms with E-state index < -0.39 is 0 Å². The minimum absolute atomic E-state index is 0.638. The van der Waals surface area contributed by atoms with Crippen molar-refractivity contribution in [3.8, 4) is 11.1 Å². The molecule has 4 heterocycles. The maximum atomic E-state index is 4.67. The third kappa shape index (κ3) is 2.59. The van der Waals surface area contributed by atoms with Gasteiger partial charge >= 0.3 is 0 Å². The van der Waals surface area contributed by atoms with E-state index in [-0.39, 0.29) is 0 Å². The topological polar surface area (TPSA) is 47.7 Å². The molecule has 4 atom stereocenters. The van der Waals surface area contributed by atoms with Crippen molar-refractivity contribution in [2.75, 3.05) is 0 Å². The van der Waals surface area contributed by atoms with E-state index in [1.54, 1.807) is 0 Å². The SMILES string of the molecule is IPn1cc(-c2ccc3c(cnn3CC3CC4CCC3N4)c2)cn1. The molecule has 5 rings (SSSR count). The van der Waals surface area contributed by atoms with Crippen LogP contribution in [0.4, 0.5) is 0 Å². The van der Waals surface area contributed by atoms with Gasteiger partial charge in [-0.25, -0.2) is 4.45 Å². The highest BCUT2D eigenvalue weighted by molar-refractivity contribution is 14.2. The molecule has 1 N–H and O–H groups in total. The first-order chi connectivity index (χ1) is 11.8. The summed E-state index contributed by atoms with van der Waals surface area (Å²) in [5.74, 6) is 0.731. The molecule has 124 valence electrons. The van der Waals surface area contributed by atoms with Crippen molar-refractivity contribution in [1.29, 1.82) is 0 Å². The van der Waals surface area contributed by atoms with E-state index in [2.05, 4.69) is 66.6 Å². The van der Waals surface area contributed by atoms with Gasteiger partial charge in [-0.3, -0.25) is 4.68 Å². The number of hydrogen-bond donors (Lipinski definition) is 1. The fraction of sp³-hybridized carbons (Fsp3) is 0.412. The molecule has 1 aromatic carbocycles. The molecule has 2 aliphatic rings. The van der Waals surface area contributed by atoms with Crippen LogP contribution in [0.1, 0.15) is 19.3 Å². The first-order valence-corrected chi connectivity index (χ1v) is 12.5. The molecule has 2 fully saturated rings. The third-order valence-corrected chi connectivity index (χ3v) is 7.38.